The van der Waals surface area contributed by atoms with Crippen LogP contribution in [0.25, 0.3) is 0 Å². The normalized spacial score (nSPS) is 17.9. The van der Waals surface area contributed by atoms with Crippen LogP contribution in [0, 0.1) is 0 Å². The maximum atomic E-state index is 12.1. The second kappa shape index (κ2) is 6.76. The third kappa shape index (κ3) is 5.07. The van der Waals surface area contributed by atoms with Crippen molar-refractivity contribution in [2.75, 3.05) is 6.54 Å². The van der Waals surface area contributed by atoms with Gasteiger partial charge < -0.3 is 9.53 Å². The maximum absolute atomic E-state index is 12.1. The van der Waals surface area contributed by atoms with Crippen LogP contribution in [0.3, 0.4) is 0 Å². The van der Waals surface area contributed by atoms with Crippen molar-refractivity contribution < 1.29 is 14.3 Å². The number of carbonyl (C=O) groups is 2. The number of hydrogen-bond donors (Lipinski definition) is 0. The second-order valence-corrected chi connectivity index (χ2v) is 5.94. The first-order valence-electron chi connectivity index (χ1n) is 6.87. The van der Waals surface area contributed by atoms with Gasteiger partial charge in [-0.15, -0.1) is 0 Å². The van der Waals surface area contributed by atoms with E-state index in [1.807, 2.05) is 20.8 Å². The summed E-state index contributed by atoms with van der Waals surface area (Å²) in [6.45, 7) is 5.67. The van der Waals surface area contributed by atoms with Gasteiger partial charge >= 0.3 is 6.09 Å². The number of carbonyl (C=O) groups excluding carboxylic acids is 2. The molecule has 0 heterocycles. The molecule has 0 unspecified atom stereocenters. The predicted octanol–water partition coefficient (Wildman–Crippen LogP) is 3.15. The predicted molar refractivity (Wildman–Crippen MR) is 70.5 cm³/mol. The van der Waals surface area contributed by atoms with Gasteiger partial charge in [0.25, 0.3) is 0 Å². The highest BCUT2D eigenvalue weighted by atomic mass is 16.6. The van der Waals surface area contributed by atoms with Crippen LogP contribution < -0.4 is 0 Å². The zero-order chi connectivity index (χ0) is 13.6. The Kier molecular flexibility index (Phi) is 5.63. The minimum atomic E-state index is -0.511. The van der Waals surface area contributed by atoms with Crippen molar-refractivity contribution in [3.63, 3.8) is 0 Å². The molecule has 0 N–H and O–H groups in total. The molecule has 0 aromatic carbocycles. The number of nitrogens with zero attached hydrogens (tertiary/aromatic N) is 1. The molecule has 0 aromatic heterocycles. The van der Waals surface area contributed by atoms with Gasteiger partial charge in [0.05, 0.1) is 6.54 Å². The molecule has 104 valence electrons. The average Bonchev–Trinajstić information content (AvgIpc) is 2.51. The van der Waals surface area contributed by atoms with Gasteiger partial charge in [-0.1, -0.05) is 25.7 Å². The molecule has 1 aliphatic carbocycles. The third-order valence-corrected chi connectivity index (χ3v) is 3.16. The molecule has 0 aliphatic heterocycles. The van der Waals surface area contributed by atoms with Gasteiger partial charge in [0.2, 0.25) is 0 Å². The van der Waals surface area contributed by atoms with E-state index in [-0.39, 0.29) is 18.7 Å². The van der Waals surface area contributed by atoms with E-state index in [9.17, 15) is 9.59 Å². The molecule has 18 heavy (non-hydrogen) atoms. The molecule has 1 amide bonds. The number of amides is 1. The lowest BCUT2D eigenvalue weighted by atomic mass is 10.1. The summed E-state index contributed by atoms with van der Waals surface area (Å²) < 4.78 is 5.37. The molecule has 1 fully saturated rings. The van der Waals surface area contributed by atoms with Crippen molar-refractivity contribution in [2.24, 2.45) is 0 Å². The molecule has 0 atom stereocenters. The van der Waals surface area contributed by atoms with Crippen molar-refractivity contribution in [3.05, 3.63) is 0 Å². The fourth-order valence-corrected chi connectivity index (χ4v) is 2.34. The minimum Gasteiger partial charge on any atom is -0.444 e. The van der Waals surface area contributed by atoms with Crippen molar-refractivity contribution in [2.45, 2.75) is 70.9 Å². The Bertz CT molecular complexity index is 275. The highest BCUT2D eigenvalue weighted by molar-refractivity contribution is 5.72. The monoisotopic (exact) mass is 255 g/mol. The number of rotatable bonds is 3. The summed E-state index contributed by atoms with van der Waals surface area (Å²) in [6.07, 6.45) is 7.08. The molecule has 1 saturated carbocycles. The molecule has 1 rings (SSSR count). The van der Waals surface area contributed by atoms with Crippen LogP contribution in [0.5, 0.6) is 0 Å². The molecular weight excluding hydrogens is 230 g/mol. The zero-order valence-corrected chi connectivity index (χ0v) is 11.8. The first-order valence-corrected chi connectivity index (χ1v) is 6.87. The van der Waals surface area contributed by atoms with E-state index < -0.39 is 5.60 Å². The SMILES string of the molecule is CC(C)(C)OC(=O)N(CC=O)C1CCCCCC1. The summed E-state index contributed by atoms with van der Waals surface area (Å²) in [5.74, 6) is 0. The molecule has 0 saturated heterocycles. The van der Waals surface area contributed by atoms with Crippen LogP contribution in [0.4, 0.5) is 4.79 Å². The van der Waals surface area contributed by atoms with Gasteiger partial charge in [0, 0.05) is 6.04 Å². The summed E-state index contributed by atoms with van der Waals surface area (Å²) in [5, 5.41) is 0. The summed E-state index contributed by atoms with van der Waals surface area (Å²) in [4.78, 5) is 24.5. The molecule has 4 nitrogen and oxygen atoms in total. The van der Waals surface area contributed by atoms with Gasteiger partial charge in [-0.3, -0.25) is 4.90 Å². The van der Waals surface area contributed by atoms with Gasteiger partial charge in [0.15, 0.2) is 0 Å². The molecule has 4 heteroatoms. The van der Waals surface area contributed by atoms with E-state index in [4.69, 9.17) is 4.74 Å². The molecule has 0 bridgehead atoms. The highest BCUT2D eigenvalue weighted by Crippen LogP contribution is 2.23. The van der Waals surface area contributed by atoms with E-state index in [1.165, 1.54) is 12.8 Å². The average molecular weight is 255 g/mol. The third-order valence-electron chi connectivity index (χ3n) is 3.16. The number of ether oxygens (including phenoxy) is 1. The van der Waals surface area contributed by atoms with Gasteiger partial charge in [0.1, 0.15) is 11.9 Å². The minimum absolute atomic E-state index is 0.138. The Morgan fingerprint density at radius 1 is 1.22 bits per heavy atom. The van der Waals surface area contributed by atoms with Crippen molar-refractivity contribution >= 4 is 12.4 Å². The smallest absolute Gasteiger partial charge is 0.410 e. The zero-order valence-electron chi connectivity index (χ0n) is 11.8. The Morgan fingerprint density at radius 3 is 2.22 bits per heavy atom. The lowest BCUT2D eigenvalue weighted by Gasteiger charge is -2.31. The van der Waals surface area contributed by atoms with Crippen LogP contribution in [0.15, 0.2) is 0 Å². The Morgan fingerprint density at radius 2 is 1.78 bits per heavy atom. The molecule has 1 aliphatic rings. The maximum Gasteiger partial charge on any atom is 0.410 e. The first kappa shape index (κ1) is 15.0. The van der Waals surface area contributed by atoms with Gasteiger partial charge in [-0.25, -0.2) is 4.79 Å². The fourth-order valence-electron chi connectivity index (χ4n) is 2.34. The van der Waals surface area contributed by atoms with Crippen LogP contribution >= 0.6 is 0 Å². The van der Waals surface area contributed by atoms with Crippen molar-refractivity contribution in [1.29, 1.82) is 0 Å². The Labute approximate surface area is 110 Å². The molecule has 0 spiro atoms. The first-order chi connectivity index (χ1) is 8.44. The number of hydrogen-bond acceptors (Lipinski definition) is 3. The van der Waals surface area contributed by atoms with E-state index in [0.717, 1.165) is 32.0 Å². The molecule has 0 aromatic rings. The summed E-state index contributed by atoms with van der Waals surface area (Å²) in [5.41, 5.74) is -0.511. The molecule has 0 radical (unpaired) electrons. The fraction of sp³-hybridized carbons (Fsp3) is 0.857. The highest BCUT2D eigenvalue weighted by Gasteiger charge is 2.28. The van der Waals surface area contributed by atoms with Gasteiger partial charge in [-0.05, 0) is 33.6 Å². The quantitative estimate of drug-likeness (QED) is 0.575. The molecular formula is C14H25NO3. The van der Waals surface area contributed by atoms with E-state index in [2.05, 4.69) is 0 Å². The van der Waals surface area contributed by atoms with E-state index in [1.54, 1.807) is 4.90 Å². The Balaban J connectivity index is 2.67. The van der Waals surface area contributed by atoms with Crippen molar-refractivity contribution in [1.82, 2.24) is 4.90 Å². The lowest BCUT2D eigenvalue weighted by molar-refractivity contribution is -0.109. The van der Waals surface area contributed by atoms with Gasteiger partial charge in [-0.2, -0.15) is 0 Å². The summed E-state index contributed by atoms with van der Waals surface area (Å²) in [7, 11) is 0. The lowest BCUT2D eigenvalue weighted by Crippen LogP contribution is -2.44. The van der Waals surface area contributed by atoms with Crippen molar-refractivity contribution in [3.8, 4) is 0 Å². The van der Waals surface area contributed by atoms with Crippen LogP contribution in [0.2, 0.25) is 0 Å². The number of aldehydes is 1. The largest absolute Gasteiger partial charge is 0.444 e. The summed E-state index contributed by atoms with van der Waals surface area (Å²) >= 11 is 0. The summed E-state index contributed by atoms with van der Waals surface area (Å²) in [6, 6.07) is 0.160. The second-order valence-electron chi connectivity index (χ2n) is 5.94. The van der Waals surface area contributed by atoms with Crippen LogP contribution in [-0.2, 0) is 9.53 Å². The van der Waals surface area contributed by atoms with Crippen LogP contribution in [-0.4, -0.2) is 35.5 Å². The van der Waals surface area contributed by atoms with E-state index >= 15 is 0 Å². The topological polar surface area (TPSA) is 46.6 Å². The van der Waals surface area contributed by atoms with Crippen LogP contribution in [0.1, 0.15) is 59.3 Å². The standard InChI is InChI=1S/C14H25NO3/c1-14(2,3)18-13(17)15(10-11-16)12-8-6-4-5-7-9-12/h11-12H,4-10H2,1-3H3. The Hall–Kier alpha value is -1.06. The van der Waals surface area contributed by atoms with E-state index in [0.29, 0.717) is 0 Å².